The number of para-hydroxylation sites is 1. The Morgan fingerprint density at radius 2 is 2.12 bits per heavy atom. The van der Waals surface area contributed by atoms with Crippen LogP contribution in [0, 0.1) is 5.82 Å². The van der Waals surface area contributed by atoms with E-state index in [-0.39, 0.29) is 17.3 Å². The Morgan fingerprint density at radius 3 is 2.85 bits per heavy atom. The van der Waals surface area contributed by atoms with Crippen molar-refractivity contribution >= 4 is 23.4 Å². The van der Waals surface area contributed by atoms with Crippen molar-refractivity contribution < 1.29 is 13.6 Å². The van der Waals surface area contributed by atoms with Gasteiger partial charge in [0.1, 0.15) is 17.4 Å². The monoisotopic (exact) mass is 372 g/mol. The molecule has 0 aliphatic heterocycles. The Balaban J connectivity index is 1.44. The third-order valence-electron chi connectivity index (χ3n) is 4.06. The van der Waals surface area contributed by atoms with Crippen LogP contribution in [-0.4, -0.2) is 26.4 Å². The van der Waals surface area contributed by atoms with Gasteiger partial charge in [-0.25, -0.2) is 4.39 Å². The molecule has 1 aromatic carbocycles. The van der Waals surface area contributed by atoms with Gasteiger partial charge in [0.2, 0.25) is 5.91 Å². The Morgan fingerprint density at radius 1 is 1.27 bits per heavy atom. The van der Waals surface area contributed by atoms with Crippen molar-refractivity contribution in [3.8, 4) is 0 Å². The number of carbonyl (C=O) groups excluding carboxylic acids is 1. The molecule has 4 rings (SSSR count). The zero-order valence-electron chi connectivity index (χ0n) is 13.9. The lowest BCUT2D eigenvalue weighted by Gasteiger charge is -2.09. The average Bonchev–Trinajstić information content (AvgIpc) is 3.20. The molecule has 1 amide bonds. The minimum absolute atomic E-state index is 0.120. The van der Waals surface area contributed by atoms with Crippen LogP contribution in [0.5, 0.6) is 0 Å². The number of nitrogens with zero attached hydrogens (tertiary/aromatic N) is 3. The highest BCUT2D eigenvalue weighted by atomic mass is 32.2. The molecule has 0 unspecified atom stereocenters. The van der Waals surface area contributed by atoms with E-state index in [1.165, 1.54) is 23.9 Å². The van der Waals surface area contributed by atoms with E-state index in [2.05, 4.69) is 15.5 Å². The number of anilines is 1. The van der Waals surface area contributed by atoms with Crippen LogP contribution in [0.4, 0.5) is 10.1 Å². The molecule has 26 heavy (non-hydrogen) atoms. The van der Waals surface area contributed by atoms with Crippen LogP contribution in [-0.2, 0) is 11.3 Å². The summed E-state index contributed by atoms with van der Waals surface area (Å²) in [6, 6.07) is 9.83. The van der Waals surface area contributed by atoms with Crippen molar-refractivity contribution in [3.63, 3.8) is 0 Å². The Kier molecular flexibility index (Phi) is 4.75. The second-order valence-electron chi connectivity index (χ2n) is 6.10. The molecule has 0 radical (unpaired) electrons. The Hall–Kier alpha value is -2.61. The summed E-state index contributed by atoms with van der Waals surface area (Å²) in [4.78, 5) is 12.1. The van der Waals surface area contributed by atoms with E-state index < -0.39 is 5.82 Å². The maximum Gasteiger partial charge on any atom is 0.234 e. The number of amides is 1. The third kappa shape index (κ3) is 3.80. The lowest BCUT2D eigenvalue weighted by Crippen LogP contribution is -2.15. The summed E-state index contributed by atoms with van der Waals surface area (Å²) in [6.45, 7) is 0.531. The fourth-order valence-corrected chi connectivity index (χ4v) is 3.38. The normalized spacial score (nSPS) is 13.7. The summed E-state index contributed by atoms with van der Waals surface area (Å²) < 4.78 is 21.1. The van der Waals surface area contributed by atoms with Crippen molar-refractivity contribution in [2.45, 2.75) is 30.5 Å². The minimum atomic E-state index is -0.456. The van der Waals surface area contributed by atoms with Crippen LogP contribution >= 0.6 is 11.8 Å². The molecule has 0 saturated heterocycles. The molecule has 3 aromatic rings. The highest BCUT2D eigenvalue weighted by Gasteiger charge is 2.30. The van der Waals surface area contributed by atoms with Gasteiger partial charge >= 0.3 is 0 Å². The molecule has 2 aromatic heterocycles. The zero-order valence-corrected chi connectivity index (χ0v) is 14.7. The molecule has 1 N–H and O–H groups in total. The van der Waals surface area contributed by atoms with E-state index in [9.17, 15) is 9.18 Å². The SMILES string of the molecule is O=C(CSc1nnc(C2CC2)n1Cc1ccco1)Nc1ccccc1F. The summed E-state index contributed by atoms with van der Waals surface area (Å²) in [5, 5.41) is 11.8. The Bertz CT molecular complexity index is 906. The summed E-state index contributed by atoms with van der Waals surface area (Å²) in [5.41, 5.74) is 0.175. The van der Waals surface area contributed by atoms with Crippen LogP contribution in [0.3, 0.4) is 0 Å². The van der Waals surface area contributed by atoms with Crippen LogP contribution in [0.2, 0.25) is 0 Å². The number of carbonyl (C=O) groups is 1. The summed E-state index contributed by atoms with van der Waals surface area (Å²) >= 11 is 1.28. The van der Waals surface area contributed by atoms with Crippen LogP contribution in [0.15, 0.2) is 52.2 Å². The molecular weight excluding hydrogens is 355 g/mol. The van der Waals surface area contributed by atoms with Gasteiger partial charge < -0.3 is 9.73 Å². The van der Waals surface area contributed by atoms with Crippen LogP contribution < -0.4 is 5.32 Å². The van der Waals surface area contributed by atoms with Crippen molar-refractivity contribution in [3.05, 3.63) is 60.1 Å². The maximum absolute atomic E-state index is 13.6. The largest absolute Gasteiger partial charge is 0.467 e. The van der Waals surface area contributed by atoms with Gasteiger partial charge in [0.05, 0.1) is 24.2 Å². The molecule has 2 heterocycles. The predicted octanol–water partition coefficient (Wildman–Crippen LogP) is 3.67. The van der Waals surface area contributed by atoms with Gasteiger partial charge in [-0.3, -0.25) is 9.36 Å². The predicted molar refractivity (Wildman–Crippen MR) is 95.6 cm³/mol. The number of furan rings is 1. The average molecular weight is 372 g/mol. The van der Waals surface area contributed by atoms with E-state index in [0.717, 1.165) is 24.4 Å². The first kappa shape index (κ1) is 16.8. The lowest BCUT2D eigenvalue weighted by atomic mass is 10.3. The molecule has 1 saturated carbocycles. The second-order valence-corrected chi connectivity index (χ2v) is 7.04. The first-order chi connectivity index (χ1) is 12.7. The molecular formula is C18H17FN4O2S. The first-order valence-corrected chi connectivity index (χ1v) is 9.32. The lowest BCUT2D eigenvalue weighted by molar-refractivity contribution is -0.113. The van der Waals surface area contributed by atoms with Crippen molar-refractivity contribution in [1.82, 2.24) is 14.8 Å². The highest BCUT2D eigenvalue weighted by molar-refractivity contribution is 7.99. The molecule has 0 spiro atoms. The topological polar surface area (TPSA) is 73.0 Å². The molecule has 6 nitrogen and oxygen atoms in total. The number of halogens is 1. The van der Waals surface area contributed by atoms with Gasteiger partial charge in [-0.1, -0.05) is 23.9 Å². The van der Waals surface area contributed by atoms with Crippen LogP contribution in [0.1, 0.15) is 30.3 Å². The van der Waals surface area contributed by atoms with Crippen molar-refractivity contribution in [2.75, 3.05) is 11.1 Å². The Labute approximate surface area is 153 Å². The summed E-state index contributed by atoms with van der Waals surface area (Å²) in [6.07, 6.45) is 3.84. The molecule has 1 fully saturated rings. The second kappa shape index (κ2) is 7.33. The van der Waals surface area contributed by atoms with E-state index in [1.54, 1.807) is 18.4 Å². The van der Waals surface area contributed by atoms with E-state index in [0.29, 0.717) is 17.6 Å². The van der Waals surface area contributed by atoms with E-state index in [4.69, 9.17) is 4.42 Å². The summed E-state index contributed by atoms with van der Waals surface area (Å²) in [7, 11) is 0. The number of aromatic nitrogens is 3. The quantitative estimate of drug-likeness (QED) is 0.641. The number of benzene rings is 1. The molecule has 0 atom stereocenters. The zero-order chi connectivity index (χ0) is 17.9. The number of hydrogen-bond donors (Lipinski definition) is 1. The van der Waals surface area contributed by atoms with E-state index >= 15 is 0 Å². The fourth-order valence-electron chi connectivity index (χ4n) is 2.64. The number of thioether (sulfide) groups is 1. The standard InChI is InChI=1S/C18H17FN4O2S/c19-14-5-1-2-6-15(14)20-16(24)11-26-18-22-21-17(12-7-8-12)23(18)10-13-4-3-9-25-13/h1-6,9,12H,7-8,10-11H2,(H,20,24). The number of hydrogen-bond acceptors (Lipinski definition) is 5. The van der Waals surface area contributed by atoms with Gasteiger partial charge in [-0.2, -0.15) is 0 Å². The van der Waals surface area contributed by atoms with Crippen LogP contribution in [0.25, 0.3) is 0 Å². The molecule has 0 bridgehead atoms. The number of nitrogens with one attached hydrogen (secondary N) is 1. The smallest absolute Gasteiger partial charge is 0.234 e. The summed E-state index contributed by atoms with van der Waals surface area (Å²) in [5.74, 6) is 1.54. The third-order valence-corrected chi connectivity index (χ3v) is 5.03. The first-order valence-electron chi connectivity index (χ1n) is 8.33. The molecule has 8 heteroatoms. The van der Waals surface area contributed by atoms with Gasteiger partial charge in [0.25, 0.3) is 0 Å². The van der Waals surface area contributed by atoms with Crippen molar-refractivity contribution in [2.24, 2.45) is 0 Å². The van der Waals surface area contributed by atoms with Gasteiger partial charge in [-0.15, -0.1) is 10.2 Å². The highest BCUT2D eigenvalue weighted by Crippen LogP contribution is 2.40. The molecule has 1 aliphatic carbocycles. The van der Waals surface area contributed by atoms with Crippen molar-refractivity contribution in [1.29, 1.82) is 0 Å². The number of rotatable bonds is 7. The van der Waals surface area contributed by atoms with Gasteiger partial charge in [0.15, 0.2) is 5.16 Å². The molecule has 1 aliphatic rings. The van der Waals surface area contributed by atoms with E-state index in [1.807, 2.05) is 16.7 Å². The minimum Gasteiger partial charge on any atom is -0.467 e. The maximum atomic E-state index is 13.6. The molecule has 134 valence electrons. The fraction of sp³-hybridized carbons (Fsp3) is 0.278. The van der Waals surface area contributed by atoms with Gasteiger partial charge in [-0.05, 0) is 37.1 Å². The van der Waals surface area contributed by atoms with Gasteiger partial charge in [0, 0.05) is 5.92 Å².